The minimum absolute atomic E-state index is 0. The molecular formula is C24H32O16Zr. The maximum absolute atomic E-state index is 10.4. The van der Waals surface area contributed by atoms with Crippen LogP contribution >= 0.6 is 0 Å². The predicted octanol–water partition coefficient (Wildman–Crippen LogP) is 0.218. The van der Waals surface area contributed by atoms with Gasteiger partial charge in [-0.15, -0.1) is 0 Å². The standard InChI is InChI=1S/4C6H8O4.Zr/c4*1-4(7)3-6(9)10-5(2)8;/h4*3H2,1-2H3;. The van der Waals surface area contributed by atoms with Gasteiger partial charge < -0.3 is 18.9 Å². The summed E-state index contributed by atoms with van der Waals surface area (Å²) >= 11 is 0. The first-order chi connectivity index (χ1) is 18.1. The van der Waals surface area contributed by atoms with Crippen LogP contribution in [-0.2, 0) is 103 Å². The Hall–Kier alpha value is -3.88. The van der Waals surface area contributed by atoms with E-state index in [1.807, 2.05) is 0 Å². The third-order valence-electron chi connectivity index (χ3n) is 2.60. The van der Waals surface area contributed by atoms with Crippen molar-refractivity contribution in [1.29, 1.82) is 0 Å². The molecule has 16 nitrogen and oxygen atoms in total. The molecule has 0 heterocycles. The smallest absolute Gasteiger partial charge is 0.320 e. The van der Waals surface area contributed by atoms with E-state index in [-0.39, 0.29) is 75.0 Å². The molecule has 0 bridgehead atoms. The van der Waals surface area contributed by atoms with Crippen LogP contribution in [0.15, 0.2) is 0 Å². The maximum Gasteiger partial charge on any atom is 0.320 e. The van der Waals surface area contributed by atoms with E-state index >= 15 is 0 Å². The van der Waals surface area contributed by atoms with Crippen molar-refractivity contribution in [3.8, 4) is 0 Å². The molecule has 0 rings (SSSR count). The van der Waals surface area contributed by atoms with Crippen LogP contribution in [0.25, 0.3) is 0 Å². The quantitative estimate of drug-likeness (QED) is 0.191. The number of ether oxygens (including phenoxy) is 4. The van der Waals surface area contributed by atoms with Gasteiger partial charge >= 0.3 is 47.8 Å². The number of hydrogen-bond donors (Lipinski definition) is 0. The molecule has 0 aliphatic heterocycles. The molecule has 0 fully saturated rings. The summed E-state index contributed by atoms with van der Waals surface area (Å²) in [4.78, 5) is 123. The molecule has 228 valence electrons. The van der Waals surface area contributed by atoms with Gasteiger partial charge in [0.05, 0.1) is 0 Å². The number of carbonyl (C=O) groups is 12. The van der Waals surface area contributed by atoms with E-state index in [1.165, 1.54) is 27.7 Å². The van der Waals surface area contributed by atoms with Crippen molar-refractivity contribution in [2.45, 2.75) is 81.1 Å². The molecule has 0 atom stereocenters. The normalized spacial score (nSPS) is 8.39. The van der Waals surface area contributed by atoms with Crippen LogP contribution < -0.4 is 0 Å². The van der Waals surface area contributed by atoms with E-state index in [0.717, 1.165) is 27.7 Å². The van der Waals surface area contributed by atoms with Crippen molar-refractivity contribution in [2.75, 3.05) is 0 Å². The van der Waals surface area contributed by atoms with Crippen molar-refractivity contribution in [3.05, 3.63) is 0 Å². The van der Waals surface area contributed by atoms with Crippen molar-refractivity contribution >= 4 is 70.9 Å². The third-order valence-corrected chi connectivity index (χ3v) is 2.60. The third kappa shape index (κ3) is 53.2. The van der Waals surface area contributed by atoms with Gasteiger partial charge in [0.2, 0.25) is 0 Å². The molecule has 0 N–H and O–H groups in total. The van der Waals surface area contributed by atoms with Crippen LogP contribution in [0.3, 0.4) is 0 Å². The van der Waals surface area contributed by atoms with Gasteiger partial charge in [0, 0.05) is 53.9 Å². The fourth-order valence-electron chi connectivity index (χ4n) is 1.60. The van der Waals surface area contributed by atoms with E-state index in [2.05, 4.69) is 18.9 Å². The summed E-state index contributed by atoms with van der Waals surface area (Å²) in [6.07, 6.45) is -1.34. The van der Waals surface area contributed by atoms with Crippen LogP contribution in [0.4, 0.5) is 0 Å². The molecule has 0 aliphatic rings. The molecule has 0 amide bonds. The summed E-state index contributed by atoms with van der Waals surface area (Å²) in [6.45, 7) is 9.44. The Morgan fingerprint density at radius 3 is 0.512 bits per heavy atom. The first-order valence-corrected chi connectivity index (χ1v) is 10.9. The maximum atomic E-state index is 10.4. The summed E-state index contributed by atoms with van der Waals surface area (Å²) in [5.41, 5.74) is 0. The van der Waals surface area contributed by atoms with Gasteiger partial charge in [-0.25, -0.2) is 0 Å². The molecule has 0 saturated heterocycles. The van der Waals surface area contributed by atoms with Crippen LogP contribution in [0, 0.1) is 0 Å². The van der Waals surface area contributed by atoms with E-state index in [0.29, 0.717) is 0 Å². The minimum Gasteiger partial charge on any atom is -0.393 e. The molecule has 0 aliphatic carbocycles. The zero-order valence-electron chi connectivity index (χ0n) is 23.9. The number of ketones is 4. The topological polar surface area (TPSA) is 242 Å². The number of esters is 8. The Bertz CT molecular complexity index is 777. The van der Waals surface area contributed by atoms with Gasteiger partial charge in [-0.2, -0.15) is 0 Å². The summed E-state index contributed by atoms with van der Waals surface area (Å²) in [6, 6.07) is 0. The SMILES string of the molecule is CC(=O)CC(=O)OC(C)=O.CC(=O)CC(=O)OC(C)=O.CC(=O)CC(=O)OC(C)=O.CC(=O)CC(=O)OC(C)=O.[Zr]. The molecule has 17 heteroatoms. The van der Waals surface area contributed by atoms with Crippen LogP contribution in [-0.4, -0.2) is 70.9 Å². The fraction of sp³-hybridized carbons (Fsp3) is 0.500. The Labute approximate surface area is 254 Å². The average Bonchev–Trinajstić information content (AvgIpc) is 2.63. The van der Waals surface area contributed by atoms with Crippen LogP contribution in [0.1, 0.15) is 81.1 Å². The Balaban J connectivity index is -0.000000139. The zero-order valence-corrected chi connectivity index (χ0v) is 26.3. The first kappa shape index (κ1) is 46.9. The second kappa shape index (κ2) is 27.7. The number of hydrogen-bond acceptors (Lipinski definition) is 16. The largest absolute Gasteiger partial charge is 0.393 e. The Kier molecular flexibility index (Phi) is 31.7. The van der Waals surface area contributed by atoms with Gasteiger partial charge in [-0.3, -0.25) is 57.5 Å². The van der Waals surface area contributed by atoms with Crippen molar-refractivity contribution in [2.24, 2.45) is 0 Å². The Morgan fingerprint density at radius 1 is 0.317 bits per heavy atom. The summed E-state index contributed by atoms with van der Waals surface area (Å²) < 4.78 is 16.2. The molecule has 41 heavy (non-hydrogen) atoms. The predicted molar refractivity (Wildman–Crippen MR) is 128 cm³/mol. The summed E-state index contributed by atoms with van der Waals surface area (Å²) in [5, 5.41) is 0. The molecule has 0 unspecified atom stereocenters. The molecule has 0 aromatic carbocycles. The summed E-state index contributed by atoms with van der Waals surface area (Å²) in [7, 11) is 0. The monoisotopic (exact) mass is 666 g/mol. The van der Waals surface area contributed by atoms with Crippen molar-refractivity contribution in [3.63, 3.8) is 0 Å². The van der Waals surface area contributed by atoms with E-state index < -0.39 is 47.8 Å². The van der Waals surface area contributed by atoms with Gasteiger partial charge in [-0.05, 0) is 27.7 Å². The molecule has 0 saturated carbocycles. The van der Waals surface area contributed by atoms with Crippen molar-refractivity contribution in [1.82, 2.24) is 0 Å². The number of carbonyl (C=O) groups excluding carboxylic acids is 12. The van der Waals surface area contributed by atoms with Gasteiger partial charge in [0.25, 0.3) is 0 Å². The van der Waals surface area contributed by atoms with E-state index in [1.54, 1.807) is 0 Å². The van der Waals surface area contributed by atoms with E-state index in [4.69, 9.17) is 0 Å². The van der Waals surface area contributed by atoms with E-state index in [9.17, 15) is 57.5 Å². The second-order valence-electron chi connectivity index (χ2n) is 7.38. The minimum atomic E-state index is -0.792. The van der Waals surface area contributed by atoms with Crippen LogP contribution in [0.5, 0.6) is 0 Å². The second-order valence-corrected chi connectivity index (χ2v) is 7.38. The zero-order chi connectivity index (χ0) is 32.6. The van der Waals surface area contributed by atoms with Gasteiger partial charge in [0.15, 0.2) is 0 Å². The fourth-order valence-corrected chi connectivity index (χ4v) is 1.60. The van der Waals surface area contributed by atoms with Crippen molar-refractivity contribution < 1.29 is 103 Å². The van der Waals surface area contributed by atoms with Crippen LogP contribution in [0.2, 0.25) is 0 Å². The first-order valence-electron chi connectivity index (χ1n) is 10.9. The average molecular weight is 668 g/mol. The molecule has 0 radical (unpaired) electrons. The molecule has 0 spiro atoms. The van der Waals surface area contributed by atoms with Gasteiger partial charge in [0.1, 0.15) is 48.8 Å². The number of Topliss-reactive ketones (excluding diaryl/α,β-unsaturated/α-hetero) is 4. The molecular weight excluding hydrogens is 635 g/mol. The molecule has 0 aromatic rings. The molecule has 0 aromatic heterocycles. The summed E-state index contributed by atoms with van der Waals surface area (Å²) in [5.74, 6) is -7.18. The Morgan fingerprint density at radius 2 is 0.439 bits per heavy atom. The van der Waals surface area contributed by atoms with Gasteiger partial charge in [-0.1, -0.05) is 0 Å². The number of rotatable bonds is 8.